The third-order valence-electron chi connectivity index (χ3n) is 2.61. The van der Waals surface area contributed by atoms with Crippen molar-refractivity contribution in [1.82, 2.24) is 0 Å². The second-order valence-corrected chi connectivity index (χ2v) is 5.00. The van der Waals surface area contributed by atoms with Gasteiger partial charge in [-0.15, -0.1) is 0 Å². The number of esters is 1. The van der Waals surface area contributed by atoms with Crippen LogP contribution in [0, 0.1) is 0 Å². The van der Waals surface area contributed by atoms with Gasteiger partial charge in [-0.25, -0.2) is 4.79 Å². The van der Waals surface area contributed by atoms with Gasteiger partial charge < -0.3 is 15.2 Å². The van der Waals surface area contributed by atoms with Gasteiger partial charge in [0.25, 0.3) is 0 Å². The second kappa shape index (κ2) is 6.70. The van der Waals surface area contributed by atoms with Crippen LogP contribution in [0.3, 0.4) is 0 Å². The molecule has 0 bridgehead atoms. The average Bonchev–Trinajstić information content (AvgIpc) is 2.45. The molecule has 0 atom stereocenters. The summed E-state index contributed by atoms with van der Waals surface area (Å²) in [5.41, 5.74) is 6.36. The van der Waals surface area contributed by atoms with E-state index in [1.54, 1.807) is 37.3 Å². The summed E-state index contributed by atoms with van der Waals surface area (Å²) >= 11 is 12.0. The highest BCUT2D eigenvalue weighted by atomic mass is 35.5. The van der Waals surface area contributed by atoms with E-state index in [9.17, 15) is 4.79 Å². The summed E-state index contributed by atoms with van der Waals surface area (Å²) in [4.78, 5) is 11.9. The van der Waals surface area contributed by atoms with Crippen LogP contribution in [0.25, 0.3) is 0 Å². The van der Waals surface area contributed by atoms with E-state index in [4.69, 9.17) is 38.4 Å². The minimum absolute atomic E-state index is 0.230. The topological polar surface area (TPSA) is 61.5 Å². The first-order valence-corrected chi connectivity index (χ1v) is 6.96. The lowest BCUT2D eigenvalue weighted by Gasteiger charge is -2.12. The molecule has 0 amide bonds. The molecule has 0 radical (unpaired) electrons. The molecule has 0 unspecified atom stereocenters. The Kier molecular flexibility index (Phi) is 4.94. The van der Waals surface area contributed by atoms with Gasteiger partial charge in [0.15, 0.2) is 0 Å². The summed E-state index contributed by atoms with van der Waals surface area (Å²) in [7, 11) is 0. The summed E-state index contributed by atoms with van der Waals surface area (Å²) in [5.74, 6) is 0.129. The number of rotatable bonds is 4. The number of anilines is 1. The van der Waals surface area contributed by atoms with Gasteiger partial charge in [-0.2, -0.15) is 0 Å². The van der Waals surface area contributed by atoms with E-state index in [0.717, 1.165) is 0 Å². The minimum atomic E-state index is -0.516. The van der Waals surface area contributed by atoms with Gasteiger partial charge in [0.05, 0.1) is 11.6 Å². The van der Waals surface area contributed by atoms with Crippen LogP contribution >= 0.6 is 23.2 Å². The highest BCUT2D eigenvalue weighted by Crippen LogP contribution is 2.34. The molecule has 0 aliphatic heterocycles. The molecule has 0 saturated heterocycles. The van der Waals surface area contributed by atoms with Crippen LogP contribution in [-0.4, -0.2) is 12.6 Å². The molecule has 0 spiro atoms. The largest absolute Gasteiger partial charge is 0.462 e. The number of carbonyl (C=O) groups excluding carboxylic acids is 1. The standard InChI is InChI=1S/C15H13Cl2NO3/c1-2-20-15(19)11-8-10(18)4-6-13(11)21-14-7-9(16)3-5-12(14)17/h3-8H,2,18H2,1H3. The van der Waals surface area contributed by atoms with Gasteiger partial charge in [-0.3, -0.25) is 0 Å². The van der Waals surface area contributed by atoms with Gasteiger partial charge in [-0.05, 0) is 37.3 Å². The van der Waals surface area contributed by atoms with Gasteiger partial charge in [0.1, 0.15) is 17.1 Å². The quantitative estimate of drug-likeness (QED) is 0.662. The van der Waals surface area contributed by atoms with Crippen molar-refractivity contribution >= 4 is 34.9 Å². The Bertz CT molecular complexity index is 674. The van der Waals surface area contributed by atoms with Crippen LogP contribution < -0.4 is 10.5 Å². The predicted molar refractivity (Wildman–Crippen MR) is 83.3 cm³/mol. The Morgan fingerprint density at radius 3 is 2.62 bits per heavy atom. The number of nitrogens with two attached hydrogens (primary N) is 1. The maximum absolute atomic E-state index is 11.9. The Labute approximate surface area is 132 Å². The number of ether oxygens (including phenoxy) is 2. The first-order chi connectivity index (χ1) is 10.0. The highest BCUT2D eigenvalue weighted by Gasteiger charge is 2.16. The molecule has 0 aromatic heterocycles. The maximum atomic E-state index is 11.9. The lowest BCUT2D eigenvalue weighted by atomic mass is 10.2. The van der Waals surface area contributed by atoms with Gasteiger partial charge in [0, 0.05) is 16.8 Å². The fraction of sp³-hybridized carbons (Fsp3) is 0.133. The molecule has 0 heterocycles. The smallest absolute Gasteiger partial charge is 0.342 e. The third-order valence-corrected chi connectivity index (χ3v) is 3.16. The van der Waals surface area contributed by atoms with Crippen LogP contribution in [0.4, 0.5) is 5.69 Å². The molecule has 110 valence electrons. The van der Waals surface area contributed by atoms with E-state index in [0.29, 0.717) is 27.2 Å². The minimum Gasteiger partial charge on any atom is -0.462 e. The molecule has 21 heavy (non-hydrogen) atoms. The molecule has 0 aliphatic carbocycles. The summed E-state index contributed by atoms with van der Waals surface area (Å²) in [6.45, 7) is 1.98. The third kappa shape index (κ3) is 3.80. The normalized spacial score (nSPS) is 10.2. The Hall–Kier alpha value is -1.91. The zero-order chi connectivity index (χ0) is 15.4. The van der Waals surface area contributed by atoms with Crippen molar-refractivity contribution in [3.8, 4) is 11.5 Å². The number of halogens is 2. The number of nitrogen functional groups attached to an aromatic ring is 1. The molecular formula is C15H13Cl2NO3. The van der Waals surface area contributed by atoms with Gasteiger partial charge >= 0.3 is 5.97 Å². The van der Waals surface area contributed by atoms with Crippen molar-refractivity contribution in [2.45, 2.75) is 6.92 Å². The Balaban J connectivity index is 2.39. The van der Waals surface area contributed by atoms with E-state index < -0.39 is 5.97 Å². The van der Waals surface area contributed by atoms with Crippen molar-refractivity contribution in [1.29, 1.82) is 0 Å². The van der Waals surface area contributed by atoms with Crippen molar-refractivity contribution in [2.75, 3.05) is 12.3 Å². The monoisotopic (exact) mass is 325 g/mol. The fourth-order valence-electron chi connectivity index (χ4n) is 1.68. The zero-order valence-corrected chi connectivity index (χ0v) is 12.7. The SMILES string of the molecule is CCOC(=O)c1cc(N)ccc1Oc1cc(Cl)ccc1Cl. The summed E-state index contributed by atoms with van der Waals surface area (Å²) in [6, 6.07) is 9.52. The number of hydrogen-bond acceptors (Lipinski definition) is 4. The molecule has 2 aromatic carbocycles. The van der Waals surface area contributed by atoms with Gasteiger partial charge in [-0.1, -0.05) is 23.2 Å². The zero-order valence-electron chi connectivity index (χ0n) is 11.2. The fourth-order valence-corrected chi connectivity index (χ4v) is 2.00. The number of hydrogen-bond donors (Lipinski definition) is 1. The second-order valence-electron chi connectivity index (χ2n) is 4.15. The van der Waals surface area contributed by atoms with Crippen LogP contribution in [0.1, 0.15) is 17.3 Å². The predicted octanol–water partition coefficient (Wildman–Crippen LogP) is 4.54. The molecule has 2 rings (SSSR count). The summed E-state index contributed by atoms with van der Waals surface area (Å²) in [5, 5.41) is 0.855. The Morgan fingerprint density at radius 2 is 1.90 bits per heavy atom. The van der Waals surface area contributed by atoms with Crippen molar-refractivity contribution in [3.63, 3.8) is 0 Å². The van der Waals surface area contributed by atoms with E-state index in [1.807, 2.05) is 0 Å². The van der Waals surface area contributed by atoms with Crippen molar-refractivity contribution in [2.24, 2.45) is 0 Å². The van der Waals surface area contributed by atoms with Crippen molar-refractivity contribution < 1.29 is 14.3 Å². The lowest BCUT2D eigenvalue weighted by molar-refractivity contribution is 0.0523. The molecule has 2 N–H and O–H groups in total. The lowest BCUT2D eigenvalue weighted by Crippen LogP contribution is -2.07. The Morgan fingerprint density at radius 1 is 1.14 bits per heavy atom. The molecule has 0 aliphatic rings. The molecule has 6 heteroatoms. The van der Waals surface area contributed by atoms with E-state index in [1.165, 1.54) is 6.07 Å². The van der Waals surface area contributed by atoms with E-state index >= 15 is 0 Å². The average molecular weight is 326 g/mol. The van der Waals surface area contributed by atoms with Crippen LogP contribution in [0.15, 0.2) is 36.4 Å². The molecular weight excluding hydrogens is 313 g/mol. The molecule has 0 fully saturated rings. The summed E-state index contributed by atoms with van der Waals surface area (Å²) < 4.78 is 10.7. The highest BCUT2D eigenvalue weighted by molar-refractivity contribution is 6.34. The molecule has 4 nitrogen and oxygen atoms in total. The van der Waals surface area contributed by atoms with Crippen LogP contribution in [-0.2, 0) is 4.74 Å². The molecule has 0 saturated carbocycles. The molecule has 2 aromatic rings. The maximum Gasteiger partial charge on any atom is 0.342 e. The first kappa shape index (κ1) is 15.5. The first-order valence-electron chi connectivity index (χ1n) is 6.20. The van der Waals surface area contributed by atoms with Crippen molar-refractivity contribution in [3.05, 3.63) is 52.0 Å². The summed E-state index contributed by atoms with van der Waals surface area (Å²) in [6.07, 6.45) is 0. The van der Waals surface area contributed by atoms with E-state index in [2.05, 4.69) is 0 Å². The van der Waals surface area contributed by atoms with Crippen LogP contribution in [0.2, 0.25) is 10.0 Å². The van der Waals surface area contributed by atoms with E-state index in [-0.39, 0.29) is 12.2 Å². The number of carbonyl (C=O) groups is 1. The number of benzene rings is 2. The van der Waals surface area contributed by atoms with Crippen LogP contribution in [0.5, 0.6) is 11.5 Å². The van der Waals surface area contributed by atoms with Gasteiger partial charge in [0.2, 0.25) is 0 Å².